The van der Waals surface area contributed by atoms with E-state index in [1.807, 2.05) is 0 Å². The summed E-state index contributed by atoms with van der Waals surface area (Å²) in [5, 5.41) is 2.79. The second-order valence-corrected chi connectivity index (χ2v) is 6.85. The van der Waals surface area contributed by atoms with Crippen molar-refractivity contribution in [2.24, 2.45) is 5.92 Å². The Morgan fingerprint density at radius 3 is 2.17 bits per heavy atom. The Morgan fingerprint density at radius 2 is 1.57 bits per heavy atom. The van der Waals surface area contributed by atoms with Gasteiger partial charge in [-0.15, -0.1) is 0 Å². The summed E-state index contributed by atoms with van der Waals surface area (Å²) < 4.78 is 5.26. The van der Waals surface area contributed by atoms with Crippen LogP contribution in [0.3, 0.4) is 0 Å². The predicted molar refractivity (Wildman–Crippen MR) is 93.1 cm³/mol. The first kappa shape index (κ1) is 20.0. The Bertz CT molecular complexity index is 338. The van der Waals surface area contributed by atoms with Crippen molar-refractivity contribution >= 4 is 11.9 Å². The normalized spacial score (nSPS) is 16.3. The summed E-state index contributed by atoms with van der Waals surface area (Å²) in [6.45, 7) is 4.41. The maximum Gasteiger partial charge on any atom is 0.328 e. The molecule has 1 rings (SSSR count). The van der Waals surface area contributed by atoms with Gasteiger partial charge in [0.1, 0.15) is 6.04 Å². The summed E-state index contributed by atoms with van der Waals surface area (Å²) in [5.41, 5.74) is 0. The molecule has 0 heterocycles. The van der Waals surface area contributed by atoms with Crippen LogP contribution in [0.1, 0.15) is 90.9 Å². The van der Waals surface area contributed by atoms with Crippen LogP contribution in [0.15, 0.2) is 0 Å². The van der Waals surface area contributed by atoms with Gasteiger partial charge in [-0.2, -0.15) is 0 Å². The molecule has 4 heteroatoms. The average molecular weight is 325 g/mol. The zero-order chi connectivity index (χ0) is 16.9. The van der Waals surface area contributed by atoms with Crippen LogP contribution in [-0.4, -0.2) is 24.5 Å². The van der Waals surface area contributed by atoms with Crippen LogP contribution in [0.4, 0.5) is 0 Å². The molecule has 1 aliphatic carbocycles. The Balaban J connectivity index is 1.99. The molecule has 0 aliphatic heterocycles. The second kappa shape index (κ2) is 12.4. The van der Waals surface area contributed by atoms with E-state index in [0.717, 1.165) is 38.5 Å². The zero-order valence-electron chi connectivity index (χ0n) is 15.1. The standard InChI is InChI=1S/C19H35NO3/c1-3-4-5-6-7-8-9-12-15-23-19(22)16(2)20-18(21)17-13-10-11-14-17/h16-17H,3-15H2,1-2H3,(H,20,21). The van der Waals surface area contributed by atoms with Gasteiger partial charge >= 0.3 is 5.97 Å². The summed E-state index contributed by atoms with van der Waals surface area (Å²) in [6.07, 6.45) is 13.9. The molecule has 1 aliphatic rings. The minimum Gasteiger partial charge on any atom is -0.464 e. The molecule has 1 saturated carbocycles. The van der Waals surface area contributed by atoms with Crippen LogP contribution in [0.25, 0.3) is 0 Å². The van der Waals surface area contributed by atoms with E-state index < -0.39 is 6.04 Å². The minimum absolute atomic E-state index is 0.0130. The Kier molecular flexibility index (Phi) is 10.8. The quantitative estimate of drug-likeness (QED) is 0.428. The summed E-state index contributed by atoms with van der Waals surface area (Å²) in [7, 11) is 0. The molecular formula is C19H35NO3. The monoisotopic (exact) mass is 325 g/mol. The molecule has 23 heavy (non-hydrogen) atoms. The molecule has 134 valence electrons. The second-order valence-electron chi connectivity index (χ2n) is 6.85. The number of hydrogen-bond donors (Lipinski definition) is 1. The Labute approximate surface area is 141 Å². The summed E-state index contributed by atoms with van der Waals surface area (Å²) in [6, 6.07) is -0.530. The van der Waals surface area contributed by atoms with Crippen molar-refractivity contribution in [3.8, 4) is 0 Å². The fraction of sp³-hybridized carbons (Fsp3) is 0.895. The van der Waals surface area contributed by atoms with Crippen molar-refractivity contribution in [2.45, 2.75) is 96.9 Å². The molecule has 0 aromatic heterocycles. The average Bonchev–Trinajstić information content (AvgIpc) is 3.07. The van der Waals surface area contributed by atoms with Gasteiger partial charge in [-0.1, -0.05) is 64.7 Å². The predicted octanol–water partition coefficient (Wildman–Crippen LogP) is 4.37. The molecule has 0 saturated heterocycles. The number of ether oxygens (including phenoxy) is 1. The Hall–Kier alpha value is -1.06. The van der Waals surface area contributed by atoms with Crippen molar-refractivity contribution in [1.29, 1.82) is 0 Å². The highest BCUT2D eigenvalue weighted by molar-refractivity contribution is 5.85. The van der Waals surface area contributed by atoms with Gasteiger partial charge in [0.15, 0.2) is 0 Å². The van der Waals surface area contributed by atoms with Crippen LogP contribution < -0.4 is 5.32 Å². The van der Waals surface area contributed by atoms with Crippen LogP contribution in [-0.2, 0) is 14.3 Å². The molecule has 1 N–H and O–H groups in total. The molecule has 1 amide bonds. The minimum atomic E-state index is -0.530. The molecule has 0 radical (unpaired) electrons. The summed E-state index contributed by atoms with van der Waals surface area (Å²) in [4.78, 5) is 23.8. The molecule has 1 atom stereocenters. The van der Waals surface area contributed by atoms with Gasteiger partial charge in [0, 0.05) is 5.92 Å². The van der Waals surface area contributed by atoms with E-state index in [0.29, 0.717) is 6.61 Å². The van der Waals surface area contributed by atoms with Crippen LogP contribution in [0.5, 0.6) is 0 Å². The van der Waals surface area contributed by atoms with E-state index in [2.05, 4.69) is 12.2 Å². The number of amides is 1. The number of unbranched alkanes of at least 4 members (excludes halogenated alkanes) is 7. The third kappa shape index (κ3) is 8.97. The maximum absolute atomic E-state index is 12.0. The molecule has 0 aromatic rings. The van der Waals surface area contributed by atoms with Gasteiger partial charge in [0.05, 0.1) is 6.61 Å². The fourth-order valence-electron chi connectivity index (χ4n) is 3.11. The van der Waals surface area contributed by atoms with E-state index >= 15 is 0 Å². The molecule has 4 nitrogen and oxygen atoms in total. The van der Waals surface area contributed by atoms with Crippen molar-refractivity contribution in [3.63, 3.8) is 0 Å². The van der Waals surface area contributed by atoms with Crippen LogP contribution in [0.2, 0.25) is 0 Å². The maximum atomic E-state index is 12.0. The van der Waals surface area contributed by atoms with Crippen molar-refractivity contribution in [3.05, 3.63) is 0 Å². The Morgan fingerprint density at radius 1 is 1.00 bits per heavy atom. The van der Waals surface area contributed by atoms with Gasteiger partial charge in [0.25, 0.3) is 0 Å². The molecule has 0 bridgehead atoms. The fourth-order valence-corrected chi connectivity index (χ4v) is 3.11. The molecular weight excluding hydrogens is 290 g/mol. The van der Waals surface area contributed by atoms with E-state index in [9.17, 15) is 9.59 Å². The number of hydrogen-bond acceptors (Lipinski definition) is 3. The zero-order valence-corrected chi connectivity index (χ0v) is 15.1. The van der Waals surface area contributed by atoms with Crippen LogP contribution >= 0.6 is 0 Å². The molecule has 1 fully saturated rings. The largest absolute Gasteiger partial charge is 0.464 e. The lowest BCUT2D eigenvalue weighted by atomic mass is 10.1. The van der Waals surface area contributed by atoms with Gasteiger partial charge in [0.2, 0.25) is 5.91 Å². The van der Waals surface area contributed by atoms with Gasteiger partial charge in [-0.3, -0.25) is 4.79 Å². The third-order valence-corrected chi connectivity index (χ3v) is 4.68. The highest BCUT2D eigenvalue weighted by Gasteiger charge is 2.25. The third-order valence-electron chi connectivity index (χ3n) is 4.68. The van der Waals surface area contributed by atoms with E-state index in [1.54, 1.807) is 6.92 Å². The molecule has 1 unspecified atom stereocenters. The lowest BCUT2D eigenvalue weighted by molar-refractivity contribution is -0.147. The van der Waals surface area contributed by atoms with Gasteiger partial charge < -0.3 is 10.1 Å². The molecule has 0 aromatic carbocycles. The van der Waals surface area contributed by atoms with Crippen molar-refractivity contribution in [2.75, 3.05) is 6.61 Å². The van der Waals surface area contributed by atoms with Gasteiger partial charge in [-0.25, -0.2) is 4.79 Å². The lowest BCUT2D eigenvalue weighted by Gasteiger charge is -2.16. The first-order chi connectivity index (χ1) is 11.1. The summed E-state index contributed by atoms with van der Waals surface area (Å²) >= 11 is 0. The highest BCUT2D eigenvalue weighted by atomic mass is 16.5. The number of esters is 1. The number of nitrogens with one attached hydrogen (secondary N) is 1. The van der Waals surface area contributed by atoms with E-state index in [1.165, 1.54) is 38.5 Å². The van der Waals surface area contributed by atoms with Gasteiger partial charge in [-0.05, 0) is 26.2 Å². The lowest BCUT2D eigenvalue weighted by Crippen LogP contribution is -2.42. The highest BCUT2D eigenvalue weighted by Crippen LogP contribution is 2.24. The smallest absolute Gasteiger partial charge is 0.328 e. The number of carbonyl (C=O) groups excluding carboxylic acids is 2. The van der Waals surface area contributed by atoms with E-state index in [4.69, 9.17) is 4.74 Å². The number of carbonyl (C=O) groups is 2. The summed E-state index contributed by atoms with van der Waals surface area (Å²) in [5.74, 6) is -0.198. The molecule has 0 spiro atoms. The first-order valence-electron chi connectivity index (χ1n) is 9.62. The SMILES string of the molecule is CCCCCCCCCCOC(=O)C(C)NC(=O)C1CCCC1. The van der Waals surface area contributed by atoms with E-state index in [-0.39, 0.29) is 17.8 Å². The first-order valence-corrected chi connectivity index (χ1v) is 9.62. The number of rotatable bonds is 12. The van der Waals surface area contributed by atoms with Crippen molar-refractivity contribution in [1.82, 2.24) is 5.32 Å². The van der Waals surface area contributed by atoms with Crippen LogP contribution in [0, 0.1) is 5.92 Å². The van der Waals surface area contributed by atoms with Crippen molar-refractivity contribution < 1.29 is 14.3 Å². The topological polar surface area (TPSA) is 55.4 Å².